The van der Waals surface area contributed by atoms with Gasteiger partial charge in [0.1, 0.15) is 11.3 Å². The molecule has 0 aromatic heterocycles. The van der Waals surface area contributed by atoms with Crippen LogP contribution in [0.1, 0.15) is 19.4 Å². The van der Waals surface area contributed by atoms with Crippen molar-refractivity contribution in [3.05, 3.63) is 58.1 Å². The van der Waals surface area contributed by atoms with E-state index in [1.54, 1.807) is 24.3 Å². The first-order valence-corrected chi connectivity index (χ1v) is 10.6. The van der Waals surface area contributed by atoms with Crippen LogP contribution in [-0.2, 0) is 19.9 Å². The number of non-ortho nitro benzene ring substituents is 1. The van der Waals surface area contributed by atoms with E-state index in [-0.39, 0.29) is 28.9 Å². The van der Waals surface area contributed by atoms with Gasteiger partial charge in [-0.1, -0.05) is 32.0 Å². The second kappa shape index (κ2) is 7.11. The van der Waals surface area contributed by atoms with Crippen LogP contribution in [-0.4, -0.2) is 35.8 Å². The fraction of sp³-hybridized carbons (Fsp3) is 0.348. The number of ether oxygens (including phenoxy) is 1. The molecule has 2 aromatic carbocycles. The number of para-hydroxylation sites is 1. The third-order valence-electron chi connectivity index (χ3n) is 6.89. The van der Waals surface area contributed by atoms with Crippen molar-refractivity contribution in [1.29, 1.82) is 0 Å². The third kappa shape index (κ3) is 2.67. The first kappa shape index (κ1) is 21.1. The van der Waals surface area contributed by atoms with E-state index in [1.165, 1.54) is 25.3 Å². The SMILES string of the molecule is COc1cc([N+](=O)[O-])ccc1N1C(=O)[C@@H]2[C@@H](C1=O)[C@]1(N[C@H]2C(C)C)C(=O)Nc2ccccc21. The maximum absolute atomic E-state index is 13.9. The minimum absolute atomic E-state index is 0.0326. The molecule has 0 radical (unpaired) electrons. The average molecular weight is 450 g/mol. The summed E-state index contributed by atoms with van der Waals surface area (Å²) in [6, 6.07) is 10.4. The fourth-order valence-electron chi connectivity index (χ4n) is 5.47. The molecule has 10 nitrogen and oxygen atoms in total. The van der Waals surface area contributed by atoms with Crippen molar-refractivity contribution in [1.82, 2.24) is 5.32 Å². The van der Waals surface area contributed by atoms with Crippen molar-refractivity contribution in [3.63, 3.8) is 0 Å². The molecule has 3 heterocycles. The Kier molecular flexibility index (Phi) is 4.54. The number of carbonyl (C=O) groups excluding carboxylic acids is 3. The highest BCUT2D eigenvalue weighted by atomic mass is 16.6. The summed E-state index contributed by atoms with van der Waals surface area (Å²) >= 11 is 0. The summed E-state index contributed by atoms with van der Waals surface area (Å²) in [5.41, 5.74) is -0.253. The fourth-order valence-corrected chi connectivity index (χ4v) is 5.47. The minimum Gasteiger partial charge on any atom is -0.494 e. The molecule has 3 amide bonds. The van der Waals surface area contributed by atoms with Gasteiger partial charge in [-0.25, -0.2) is 4.90 Å². The van der Waals surface area contributed by atoms with E-state index in [4.69, 9.17) is 4.74 Å². The van der Waals surface area contributed by atoms with Crippen LogP contribution in [0.15, 0.2) is 42.5 Å². The molecule has 5 rings (SSSR count). The number of benzene rings is 2. The van der Waals surface area contributed by atoms with E-state index in [9.17, 15) is 24.5 Å². The quantitative estimate of drug-likeness (QED) is 0.415. The number of hydrogen-bond donors (Lipinski definition) is 2. The number of nitrogens with zero attached hydrogens (tertiary/aromatic N) is 2. The van der Waals surface area contributed by atoms with Crippen molar-refractivity contribution in [2.24, 2.45) is 17.8 Å². The largest absolute Gasteiger partial charge is 0.494 e. The number of nitro benzene ring substituents is 1. The van der Waals surface area contributed by atoms with Crippen LogP contribution in [0, 0.1) is 27.9 Å². The molecule has 3 aliphatic heterocycles. The normalized spacial score (nSPS) is 27.8. The molecule has 2 aromatic rings. The van der Waals surface area contributed by atoms with E-state index < -0.39 is 40.2 Å². The van der Waals surface area contributed by atoms with Crippen molar-refractivity contribution in [2.45, 2.75) is 25.4 Å². The number of rotatable bonds is 4. The summed E-state index contributed by atoms with van der Waals surface area (Å²) in [6.07, 6.45) is 0. The molecule has 170 valence electrons. The molecule has 10 heteroatoms. The zero-order valence-electron chi connectivity index (χ0n) is 18.2. The maximum atomic E-state index is 13.9. The van der Waals surface area contributed by atoms with Gasteiger partial charge in [0, 0.05) is 23.4 Å². The van der Waals surface area contributed by atoms with Crippen LogP contribution in [0.25, 0.3) is 0 Å². The Balaban J connectivity index is 1.67. The minimum atomic E-state index is -1.38. The lowest BCUT2D eigenvalue weighted by Crippen LogP contribution is -2.54. The van der Waals surface area contributed by atoms with Crippen LogP contribution in [0.4, 0.5) is 17.1 Å². The Labute approximate surface area is 189 Å². The molecule has 0 saturated carbocycles. The predicted molar refractivity (Wildman–Crippen MR) is 118 cm³/mol. The highest BCUT2D eigenvalue weighted by molar-refractivity contribution is 6.26. The Morgan fingerprint density at radius 3 is 2.52 bits per heavy atom. The van der Waals surface area contributed by atoms with Gasteiger partial charge in [-0.3, -0.25) is 29.8 Å². The Bertz CT molecular complexity index is 1230. The second-order valence-electron chi connectivity index (χ2n) is 8.85. The first-order chi connectivity index (χ1) is 15.7. The van der Waals surface area contributed by atoms with Gasteiger partial charge < -0.3 is 10.1 Å². The van der Waals surface area contributed by atoms with Crippen molar-refractivity contribution < 1.29 is 24.0 Å². The summed E-state index contributed by atoms with van der Waals surface area (Å²) in [5.74, 6) is -3.15. The van der Waals surface area contributed by atoms with Crippen molar-refractivity contribution in [3.8, 4) is 5.75 Å². The third-order valence-corrected chi connectivity index (χ3v) is 6.89. The summed E-state index contributed by atoms with van der Waals surface area (Å²) in [4.78, 5) is 52.5. The Hall–Kier alpha value is -3.79. The molecule has 33 heavy (non-hydrogen) atoms. The van der Waals surface area contributed by atoms with Gasteiger partial charge >= 0.3 is 0 Å². The first-order valence-electron chi connectivity index (χ1n) is 10.6. The van der Waals surface area contributed by atoms with Crippen LogP contribution in [0.2, 0.25) is 0 Å². The van der Waals surface area contributed by atoms with Gasteiger partial charge in [-0.15, -0.1) is 0 Å². The number of carbonyl (C=O) groups is 3. The van der Waals surface area contributed by atoms with Gasteiger partial charge in [-0.2, -0.15) is 0 Å². The summed E-state index contributed by atoms with van der Waals surface area (Å²) in [7, 11) is 1.31. The molecular formula is C23H22N4O6. The Morgan fingerprint density at radius 1 is 1.12 bits per heavy atom. The van der Waals surface area contributed by atoms with Crippen LogP contribution in [0.3, 0.4) is 0 Å². The van der Waals surface area contributed by atoms with Gasteiger partial charge in [0.05, 0.1) is 35.6 Å². The Morgan fingerprint density at radius 2 is 1.85 bits per heavy atom. The molecule has 0 aliphatic carbocycles. The number of imide groups is 1. The van der Waals surface area contributed by atoms with Gasteiger partial charge in [0.15, 0.2) is 0 Å². The topological polar surface area (TPSA) is 131 Å². The molecule has 2 fully saturated rings. The monoisotopic (exact) mass is 450 g/mol. The lowest BCUT2D eigenvalue weighted by atomic mass is 9.76. The van der Waals surface area contributed by atoms with Crippen LogP contribution in [0.5, 0.6) is 5.75 Å². The van der Waals surface area contributed by atoms with E-state index in [1.807, 2.05) is 13.8 Å². The molecule has 0 unspecified atom stereocenters. The number of fused-ring (bicyclic) bond motifs is 4. The molecular weight excluding hydrogens is 428 g/mol. The van der Waals surface area contributed by atoms with E-state index in [0.29, 0.717) is 11.3 Å². The lowest BCUT2D eigenvalue weighted by molar-refractivity contribution is -0.384. The number of anilines is 2. The average Bonchev–Trinajstić information content (AvgIpc) is 3.38. The van der Waals surface area contributed by atoms with Crippen LogP contribution < -0.4 is 20.3 Å². The van der Waals surface area contributed by atoms with Crippen molar-refractivity contribution in [2.75, 3.05) is 17.3 Å². The number of methoxy groups -OCH3 is 1. The highest BCUT2D eigenvalue weighted by Crippen LogP contribution is 2.55. The lowest BCUT2D eigenvalue weighted by Gasteiger charge is -2.30. The molecule has 1 spiro atoms. The van der Waals surface area contributed by atoms with Crippen molar-refractivity contribution >= 4 is 34.8 Å². The highest BCUT2D eigenvalue weighted by Gasteiger charge is 2.71. The number of hydrogen-bond acceptors (Lipinski definition) is 7. The van der Waals surface area contributed by atoms with E-state index in [0.717, 1.165) is 4.90 Å². The number of nitrogens with one attached hydrogen (secondary N) is 2. The number of nitro groups is 1. The molecule has 3 aliphatic rings. The molecule has 2 N–H and O–H groups in total. The summed E-state index contributed by atoms with van der Waals surface area (Å²) in [5, 5.41) is 17.4. The summed E-state index contributed by atoms with van der Waals surface area (Å²) < 4.78 is 5.29. The molecule has 0 bridgehead atoms. The van der Waals surface area contributed by atoms with Gasteiger partial charge in [-0.05, 0) is 18.1 Å². The summed E-state index contributed by atoms with van der Waals surface area (Å²) in [6.45, 7) is 3.86. The van der Waals surface area contributed by atoms with E-state index in [2.05, 4.69) is 10.6 Å². The zero-order chi connectivity index (χ0) is 23.7. The van der Waals surface area contributed by atoms with Crippen LogP contribution >= 0.6 is 0 Å². The zero-order valence-corrected chi connectivity index (χ0v) is 18.2. The van der Waals surface area contributed by atoms with Gasteiger partial charge in [0.2, 0.25) is 17.7 Å². The van der Waals surface area contributed by atoms with E-state index >= 15 is 0 Å². The second-order valence-corrected chi connectivity index (χ2v) is 8.85. The smallest absolute Gasteiger partial charge is 0.273 e. The predicted octanol–water partition coefficient (Wildman–Crippen LogP) is 2.18. The van der Waals surface area contributed by atoms with Gasteiger partial charge in [0.25, 0.3) is 5.69 Å². The standard InChI is InChI=1S/C23H22N4O6/c1-11(2)19-17-18(23(25-19)13-6-4-5-7-14(13)24-22(23)30)21(29)26(20(17)28)15-9-8-12(27(31)32)10-16(15)33-3/h4-11,17-19,25H,1-3H3,(H,24,30)/t17-,18+,19+,23+/m1/s1. The molecule has 2 saturated heterocycles. The molecule has 4 atom stereocenters. The number of amides is 3. The maximum Gasteiger partial charge on any atom is 0.273 e.